The Labute approximate surface area is 175 Å². The summed E-state index contributed by atoms with van der Waals surface area (Å²) in [4.78, 5) is 13.1. The Morgan fingerprint density at radius 2 is 1.90 bits per heavy atom. The predicted octanol–water partition coefficient (Wildman–Crippen LogP) is 5.23. The van der Waals surface area contributed by atoms with Gasteiger partial charge in [-0.15, -0.1) is 0 Å². The van der Waals surface area contributed by atoms with Gasteiger partial charge in [0.15, 0.2) is 5.78 Å². The fraction of sp³-hybridized carbons (Fsp3) is 0.800. The molecule has 1 aromatic heterocycles. The number of nitrogens with zero attached hydrogens (tertiary/aromatic N) is 3. The molecular formula is C25H35N3O. The van der Waals surface area contributed by atoms with E-state index in [9.17, 15) is 4.79 Å². The summed E-state index contributed by atoms with van der Waals surface area (Å²) < 4.78 is 1.66. The third-order valence-electron chi connectivity index (χ3n) is 9.55. The Hall–Kier alpha value is -1.63. The summed E-state index contributed by atoms with van der Waals surface area (Å²) in [6.45, 7) is 5.38. The third kappa shape index (κ3) is 3.25. The average molecular weight is 394 g/mol. The van der Waals surface area contributed by atoms with Gasteiger partial charge in [0.05, 0.1) is 18.3 Å². The summed E-state index contributed by atoms with van der Waals surface area (Å²) in [5, 5.41) is 13.2. The van der Waals surface area contributed by atoms with Crippen LogP contribution in [0.15, 0.2) is 12.4 Å². The quantitative estimate of drug-likeness (QED) is 0.706. The van der Waals surface area contributed by atoms with Crippen molar-refractivity contribution in [1.82, 2.24) is 9.78 Å². The van der Waals surface area contributed by atoms with Crippen LogP contribution in [0.2, 0.25) is 0 Å². The molecule has 4 heteroatoms. The Morgan fingerprint density at radius 1 is 1.14 bits per heavy atom. The van der Waals surface area contributed by atoms with Gasteiger partial charge in [0.25, 0.3) is 0 Å². The van der Waals surface area contributed by atoms with Crippen LogP contribution in [-0.2, 0) is 11.3 Å². The number of rotatable bonds is 3. The lowest BCUT2D eigenvalue weighted by molar-refractivity contribution is -0.127. The first-order valence-corrected chi connectivity index (χ1v) is 11.9. The number of carbonyl (C=O) groups excluding carboxylic acids is 1. The van der Waals surface area contributed by atoms with Crippen molar-refractivity contribution in [1.29, 1.82) is 5.26 Å². The van der Waals surface area contributed by atoms with E-state index >= 15 is 0 Å². The fourth-order valence-corrected chi connectivity index (χ4v) is 8.45. The maximum atomic E-state index is 13.1. The molecule has 4 saturated carbocycles. The number of Topliss-reactive ketones (excluding diaryl/α,β-unsaturated/α-hetero) is 1. The highest BCUT2D eigenvalue weighted by atomic mass is 16.1. The molecule has 0 spiro atoms. The molecule has 4 fully saturated rings. The molecule has 1 aromatic rings. The maximum absolute atomic E-state index is 13.1. The summed E-state index contributed by atoms with van der Waals surface area (Å²) in [5.41, 5.74) is 1.12. The van der Waals surface area contributed by atoms with E-state index in [1.165, 1.54) is 51.4 Å². The van der Waals surface area contributed by atoms with Crippen LogP contribution in [0, 0.1) is 58.2 Å². The van der Waals surface area contributed by atoms with Gasteiger partial charge < -0.3 is 0 Å². The second kappa shape index (κ2) is 7.25. The van der Waals surface area contributed by atoms with E-state index in [0.717, 1.165) is 36.0 Å². The van der Waals surface area contributed by atoms with Crippen LogP contribution in [-0.4, -0.2) is 15.6 Å². The van der Waals surface area contributed by atoms with Crippen molar-refractivity contribution in [2.75, 3.05) is 0 Å². The molecule has 4 nitrogen and oxygen atoms in total. The number of ketones is 1. The standard InChI is InChI=1S/C25H35N3O/c1-16-3-8-23-21-6-4-19-18(20(21)9-10-25(23,2)11-16)5-7-22(19)24(29)15-28-14-17(12-26)13-27-28/h13-14,16,18-23H,3-11,15H2,1-2H3/t16-,18?,19-,20-,21?,22-,23+,25+/m0/s1. The Bertz CT molecular complexity index is 822. The summed E-state index contributed by atoms with van der Waals surface area (Å²) >= 11 is 0. The lowest BCUT2D eigenvalue weighted by Gasteiger charge is -2.57. The molecular weight excluding hydrogens is 358 g/mol. The van der Waals surface area contributed by atoms with E-state index in [0.29, 0.717) is 29.2 Å². The molecule has 8 atom stereocenters. The zero-order valence-corrected chi connectivity index (χ0v) is 18.0. The molecule has 156 valence electrons. The smallest absolute Gasteiger partial charge is 0.157 e. The van der Waals surface area contributed by atoms with Crippen molar-refractivity contribution in [3.05, 3.63) is 18.0 Å². The molecule has 4 aliphatic rings. The van der Waals surface area contributed by atoms with Gasteiger partial charge in [0.2, 0.25) is 0 Å². The molecule has 4 aliphatic carbocycles. The summed E-state index contributed by atoms with van der Waals surface area (Å²) in [5.74, 6) is 5.56. The SMILES string of the molecule is C[C@H]1CC[C@@H]2C3CC[C@H]4C(CC[C@@H]4C(=O)Cn4cc(C#N)cn4)[C@@H]3CC[C@]2(C)C1. The summed E-state index contributed by atoms with van der Waals surface area (Å²) in [7, 11) is 0. The molecule has 0 amide bonds. The van der Waals surface area contributed by atoms with Crippen molar-refractivity contribution in [2.45, 2.75) is 78.2 Å². The van der Waals surface area contributed by atoms with E-state index in [4.69, 9.17) is 5.26 Å². The van der Waals surface area contributed by atoms with Gasteiger partial charge in [-0.3, -0.25) is 9.48 Å². The predicted molar refractivity (Wildman–Crippen MR) is 112 cm³/mol. The third-order valence-corrected chi connectivity index (χ3v) is 9.55. The van der Waals surface area contributed by atoms with Gasteiger partial charge in [0, 0.05) is 12.1 Å². The Kier molecular flexibility index (Phi) is 4.84. The van der Waals surface area contributed by atoms with E-state index in [-0.39, 0.29) is 5.92 Å². The highest BCUT2D eigenvalue weighted by Gasteiger charge is 2.55. The molecule has 0 bridgehead atoms. The minimum absolute atomic E-state index is 0.218. The van der Waals surface area contributed by atoms with E-state index in [2.05, 4.69) is 25.0 Å². The first kappa shape index (κ1) is 19.3. The number of nitriles is 1. The van der Waals surface area contributed by atoms with E-state index in [1.807, 2.05) is 0 Å². The van der Waals surface area contributed by atoms with Crippen molar-refractivity contribution in [2.24, 2.45) is 46.8 Å². The van der Waals surface area contributed by atoms with Crippen LogP contribution >= 0.6 is 0 Å². The van der Waals surface area contributed by atoms with Crippen LogP contribution < -0.4 is 0 Å². The fourth-order valence-electron chi connectivity index (χ4n) is 8.45. The molecule has 1 heterocycles. The molecule has 29 heavy (non-hydrogen) atoms. The topological polar surface area (TPSA) is 58.7 Å². The molecule has 0 saturated heterocycles. The van der Waals surface area contributed by atoms with E-state index in [1.54, 1.807) is 17.1 Å². The van der Waals surface area contributed by atoms with E-state index < -0.39 is 0 Å². The maximum Gasteiger partial charge on any atom is 0.157 e. The number of fused-ring (bicyclic) bond motifs is 5. The molecule has 0 radical (unpaired) electrons. The van der Waals surface area contributed by atoms with Crippen molar-refractivity contribution in [3.63, 3.8) is 0 Å². The zero-order chi connectivity index (χ0) is 20.2. The first-order valence-electron chi connectivity index (χ1n) is 11.9. The largest absolute Gasteiger partial charge is 0.297 e. The highest BCUT2D eigenvalue weighted by molar-refractivity contribution is 5.81. The zero-order valence-electron chi connectivity index (χ0n) is 18.0. The molecule has 0 aromatic carbocycles. The van der Waals surface area contributed by atoms with Crippen molar-refractivity contribution in [3.8, 4) is 6.07 Å². The van der Waals surface area contributed by atoms with Gasteiger partial charge in [-0.2, -0.15) is 10.4 Å². The lowest BCUT2D eigenvalue weighted by Crippen LogP contribution is -2.49. The number of hydrogen-bond donors (Lipinski definition) is 0. The van der Waals surface area contributed by atoms with Crippen LogP contribution in [0.4, 0.5) is 0 Å². The van der Waals surface area contributed by atoms with Gasteiger partial charge in [-0.05, 0) is 92.3 Å². The Morgan fingerprint density at radius 3 is 2.69 bits per heavy atom. The number of aromatic nitrogens is 2. The molecule has 5 rings (SSSR count). The monoisotopic (exact) mass is 393 g/mol. The normalized spacial score (nSPS) is 43.7. The van der Waals surface area contributed by atoms with Gasteiger partial charge >= 0.3 is 0 Å². The van der Waals surface area contributed by atoms with Crippen LogP contribution in [0.5, 0.6) is 0 Å². The Balaban J connectivity index is 1.28. The molecule has 0 aliphatic heterocycles. The van der Waals surface area contributed by atoms with Gasteiger partial charge in [0.1, 0.15) is 6.07 Å². The second-order valence-corrected chi connectivity index (χ2v) is 11.1. The van der Waals surface area contributed by atoms with Crippen LogP contribution in [0.25, 0.3) is 0 Å². The number of carbonyl (C=O) groups is 1. The van der Waals surface area contributed by atoms with Crippen molar-refractivity contribution >= 4 is 5.78 Å². The average Bonchev–Trinajstić information content (AvgIpc) is 3.33. The van der Waals surface area contributed by atoms with Gasteiger partial charge in [-0.1, -0.05) is 20.3 Å². The second-order valence-electron chi connectivity index (χ2n) is 11.1. The summed E-state index contributed by atoms with van der Waals surface area (Å²) in [6, 6.07) is 2.10. The highest BCUT2D eigenvalue weighted by Crippen LogP contribution is 2.63. The lowest BCUT2D eigenvalue weighted by atomic mass is 9.47. The van der Waals surface area contributed by atoms with Gasteiger partial charge in [-0.25, -0.2) is 0 Å². The molecule has 2 unspecified atom stereocenters. The number of hydrogen-bond acceptors (Lipinski definition) is 3. The van der Waals surface area contributed by atoms with Crippen molar-refractivity contribution < 1.29 is 4.79 Å². The van der Waals surface area contributed by atoms with Crippen LogP contribution in [0.1, 0.15) is 77.2 Å². The molecule has 0 N–H and O–H groups in total. The summed E-state index contributed by atoms with van der Waals surface area (Å²) in [6.07, 6.45) is 15.3. The minimum Gasteiger partial charge on any atom is -0.297 e. The first-order chi connectivity index (χ1) is 14.0. The van der Waals surface area contributed by atoms with Crippen LogP contribution in [0.3, 0.4) is 0 Å². The minimum atomic E-state index is 0.218.